The van der Waals surface area contributed by atoms with Crippen molar-refractivity contribution in [2.75, 3.05) is 0 Å². The fourth-order valence-electron chi connectivity index (χ4n) is 1.93. The largest absolute Gasteiger partial charge is 0.508 e. The molecule has 0 aliphatic carbocycles. The van der Waals surface area contributed by atoms with Crippen molar-refractivity contribution in [3.63, 3.8) is 0 Å². The number of aromatic hydroxyl groups is 4. The molecule has 4 N–H and O–H groups in total. The van der Waals surface area contributed by atoms with Crippen molar-refractivity contribution in [1.82, 2.24) is 0 Å². The van der Waals surface area contributed by atoms with Crippen LogP contribution in [0, 0.1) is 0 Å². The number of hydrogen-bond donors (Lipinski definition) is 4. The molecule has 6 heteroatoms. The van der Waals surface area contributed by atoms with E-state index in [1.165, 1.54) is 12.1 Å². The van der Waals surface area contributed by atoms with Crippen LogP contribution in [0.15, 0.2) is 36.4 Å². The summed E-state index contributed by atoms with van der Waals surface area (Å²) in [6.45, 7) is 0. The Morgan fingerprint density at radius 2 is 1.38 bits per heavy atom. The predicted octanol–water partition coefficient (Wildman–Crippen LogP) is 2.32. The Morgan fingerprint density at radius 3 is 1.90 bits per heavy atom. The Balaban J connectivity index is 0.00000220. The van der Waals surface area contributed by atoms with E-state index < -0.39 is 17.3 Å². The zero-order valence-electron chi connectivity index (χ0n) is 10.9. The van der Waals surface area contributed by atoms with Crippen molar-refractivity contribution in [3.8, 4) is 23.0 Å². The van der Waals surface area contributed by atoms with Crippen LogP contribution >= 0.6 is 0 Å². The molecule has 0 saturated heterocycles. The summed E-state index contributed by atoms with van der Waals surface area (Å²) in [5.41, 5.74) is 0.662. The van der Waals surface area contributed by atoms with Gasteiger partial charge in [-0.2, -0.15) is 0 Å². The maximum atomic E-state index is 12.0. The molecule has 0 heterocycles. The Kier molecular flexibility index (Phi) is 5.64. The van der Waals surface area contributed by atoms with Crippen molar-refractivity contribution in [2.24, 2.45) is 0 Å². The van der Waals surface area contributed by atoms with Crippen molar-refractivity contribution in [1.29, 1.82) is 0 Å². The molecule has 0 aromatic heterocycles. The molecule has 2 aromatic carbocycles. The van der Waals surface area contributed by atoms with Gasteiger partial charge < -0.3 is 20.4 Å². The molecule has 0 aliphatic heterocycles. The number of Topliss-reactive ketones (excluding diaryl/α,β-unsaturated/α-hetero) is 1. The van der Waals surface area contributed by atoms with E-state index in [0.717, 1.165) is 17.7 Å². The van der Waals surface area contributed by atoms with Crippen LogP contribution < -0.4 is 0 Å². The van der Waals surface area contributed by atoms with Gasteiger partial charge in [0.2, 0.25) is 0 Å². The third kappa shape index (κ3) is 4.15. The summed E-state index contributed by atoms with van der Waals surface area (Å²) in [6, 6.07) is 8.45. The summed E-state index contributed by atoms with van der Waals surface area (Å²) in [5.74, 6) is -1.48. The predicted molar refractivity (Wildman–Crippen MR) is 72.2 cm³/mol. The first kappa shape index (κ1) is 16.9. The molecule has 0 unspecified atom stereocenters. The van der Waals surface area contributed by atoms with Gasteiger partial charge in [-0.1, -0.05) is 12.1 Å². The van der Waals surface area contributed by atoms with Crippen LogP contribution in [0.1, 0.15) is 22.3 Å². The van der Waals surface area contributed by atoms with Crippen LogP contribution in [0.25, 0.3) is 0 Å². The number of benzene rings is 2. The summed E-state index contributed by atoms with van der Waals surface area (Å²) in [4.78, 5) is 12.0. The SMILES string of the molecule is O=C(CCc1ccc(O)cc1)c1c(O)cc(O)cc1O.[Fe]. The second-order valence-electron chi connectivity index (χ2n) is 4.45. The van der Waals surface area contributed by atoms with E-state index in [1.807, 2.05) is 0 Å². The third-order valence-corrected chi connectivity index (χ3v) is 2.94. The van der Waals surface area contributed by atoms with Crippen LogP contribution in [-0.2, 0) is 23.5 Å². The zero-order valence-corrected chi connectivity index (χ0v) is 12.0. The molecule has 0 atom stereocenters. The van der Waals surface area contributed by atoms with Gasteiger partial charge in [-0.05, 0) is 24.1 Å². The van der Waals surface area contributed by atoms with E-state index in [9.17, 15) is 20.1 Å². The summed E-state index contributed by atoms with van der Waals surface area (Å²) in [6.07, 6.45) is 0.509. The Morgan fingerprint density at radius 1 is 0.857 bits per heavy atom. The molecular weight excluding hydrogens is 316 g/mol. The Labute approximate surface area is 132 Å². The molecule has 0 radical (unpaired) electrons. The Hall–Kier alpha value is -2.17. The smallest absolute Gasteiger partial charge is 0.170 e. The van der Waals surface area contributed by atoms with Gasteiger partial charge in [-0.3, -0.25) is 4.79 Å². The summed E-state index contributed by atoms with van der Waals surface area (Å²) in [7, 11) is 0. The molecule has 0 bridgehead atoms. The third-order valence-electron chi connectivity index (χ3n) is 2.94. The van der Waals surface area contributed by atoms with Gasteiger partial charge in [-0.15, -0.1) is 0 Å². The maximum absolute atomic E-state index is 12.0. The monoisotopic (exact) mass is 330 g/mol. The minimum Gasteiger partial charge on any atom is -0.508 e. The molecule has 21 heavy (non-hydrogen) atoms. The van der Waals surface area contributed by atoms with Gasteiger partial charge in [0.1, 0.15) is 28.6 Å². The van der Waals surface area contributed by atoms with Crippen molar-refractivity contribution in [2.45, 2.75) is 12.8 Å². The topological polar surface area (TPSA) is 98.0 Å². The van der Waals surface area contributed by atoms with E-state index in [4.69, 9.17) is 5.11 Å². The normalized spacial score (nSPS) is 9.90. The van der Waals surface area contributed by atoms with E-state index in [-0.39, 0.29) is 40.6 Å². The van der Waals surface area contributed by atoms with Gasteiger partial charge in [0, 0.05) is 35.6 Å². The van der Waals surface area contributed by atoms with Crippen LogP contribution in [0.4, 0.5) is 0 Å². The van der Waals surface area contributed by atoms with Gasteiger partial charge >= 0.3 is 0 Å². The van der Waals surface area contributed by atoms with E-state index in [2.05, 4.69) is 0 Å². The first-order chi connectivity index (χ1) is 9.47. The molecule has 2 rings (SSSR count). The summed E-state index contributed by atoms with van der Waals surface area (Å²) >= 11 is 0. The number of phenolic OH excluding ortho intramolecular Hbond substituents is 4. The number of carbonyl (C=O) groups excluding carboxylic acids is 1. The Bertz CT molecular complexity index is 614. The standard InChI is InChI=1S/C15H14O5.Fe/c16-10-4-1-9(2-5-10)3-6-12(18)15-13(19)7-11(17)8-14(15)20;/h1-2,4-5,7-8,16-17,19-20H,3,6H2;. The van der Waals surface area contributed by atoms with Gasteiger partial charge in [0.25, 0.3) is 0 Å². The van der Waals surface area contributed by atoms with Gasteiger partial charge in [-0.25, -0.2) is 0 Å². The van der Waals surface area contributed by atoms with Gasteiger partial charge in [0.15, 0.2) is 5.78 Å². The number of hydrogen-bond acceptors (Lipinski definition) is 5. The fourth-order valence-corrected chi connectivity index (χ4v) is 1.93. The second kappa shape index (κ2) is 7.02. The molecule has 112 valence electrons. The number of rotatable bonds is 4. The number of carbonyl (C=O) groups is 1. The molecule has 0 saturated carbocycles. The van der Waals surface area contributed by atoms with Crippen LogP contribution in [0.5, 0.6) is 23.0 Å². The van der Waals surface area contributed by atoms with E-state index in [0.29, 0.717) is 6.42 Å². The molecule has 0 amide bonds. The van der Waals surface area contributed by atoms with Crippen LogP contribution in [0.2, 0.25) is 0 Å². The molecule has 0 spiro atoms. The first-order valence-electron chi connectivity index (χ1n) is 6.03. The summed E-state index contributed by atoms with van der Waals surface area (Å²) < 4.78 is 0. The molecule has 2 aromatic rings. The van der Waals surface area contributed by atoms with Crippen molar-refractivity contribution < 1.29 is 42.3 Å². The van der Waals surface area contributed by atoms with Crippen LogP contribution in [-0.4, -0.2) is 26.2 Å². The van der Waals surface area contributed by atoms with Crippen molar-refractivity contribution >= 4 is 5.78 Å². The molecular formula is C15H14FeO5. The molecule has 0 fully saturated rings. The quantitative estimate of drug-likeness (QED) is 0.509. The second-order valence-corrected chi connectivity index (χ2v) is 4.45. The average Bonchev–Trinajstić information content (AvgIpc) is 2.37. The number of aryl methyl sites for hydroxylation is 1. The number of ketones is 1. The minimum absolute atomic E-state index is 0. The van der Waals surface area contributed by atoms with Crippen LogP contribution in [0.3, 0.4) is 0 Å². The maximum Gasteiger partial charge on any atom is 0.170 e. The average molecular weight is 330 g/mol. The van der Waals surface area contributed by atoms with E-state index >= 15 is 0 Å². The first-order valence-corrected chi connectivity index (χ1v) is 6.03. The number of phenols is 4. The fraction of sp³-hybridized carbons (Fsp3) is 0.133. The molecule has 5 nitrogen and oxygen atoms in total. The minimum atomic E-state index is -0.446. The zero-order chi connectivity index (χ0) is 14.7. The van der Waals surface area contributed by atoms with Gasteiger partial charge in [0.05, 0.1) is 0 Å². The van der Waals surface area contributed by atoms with Crippen molar-refractivity contribution in [3.05, 3.63) is 47.5 Å². The molecule has 0 aliphatic rings. The van der Waals surface area contributed by atoms with E-state index in [1.54, 1.807) is 12.1 Å². The summed E-state index contributed by atoms with van der Waals surface area (Å²) in [5, 5.41) is 37.5.